The monoisotopic (exact) mass is 197 g/mol. The number of hydrogen-bond donors (Lipinski definition) is 1. The van der Waals surface area contributed by atoms with E-state index in [1.165, 1.54) is 38.5 Å². The third kappa shape index (κ3) is 3.25. The zero-order valence-electron chi connectivity index (χ0n) is 9.30. The summed E-state index contributed by atoms with van der Waals surface area (Å²) in [6, 6.07) is 0.738. The summed E-state index contributed by atoms with van der Waals surface area (Å²) in [7, 11) is 2.10. The van der Waals surface area contributed by atoms with E-state index in [1.54, 1.807) is 0 Å². The van der Waals surface area contributed by atoms with Gasteiger partial charge >= 0.3 is 0 Å². The first-order chi connectivity index (χ1) is 6.88. The van der Waals surface area contributed by atoms with Crippen molar-refractivity contribution in [2.75, 3.05) is 20.3 Å². The standard InChI is InChI=1S/C12H23NO/c1-13-12(5-4-10-2-3-10)8-11-6-7-14-9-11/h10-13H,2-9H2,1H3. The van der Waals surface area contributed by atoms with Crippen molar-refractivity contribution in [3.63, 3.8) is 0 Å². The van der Waals surface area contributed by atoms with Crippen molar-refractivity contribution >= 4 is 0 Å². The molecule has 14 heavy (non-hydrogen) atoms. The fourth-order valence-electron chi connectivity index (χ4n) is 2.40. The zero-order chi connectivity index (χ0) is 9.80. The van der Waals surface area contributed by atoms with Crippen molar-refractivity contribution < 1.29 is 4.74 Å². The highest BCUT2D eigenvalue weighted by Crippen LogP contribution is 2.34. The molecule has 0 aromatic heterocycles. The molecular formula is C12H23NO. The Hall–Kier alpha value is -0.0800. The normalized spacial score (nSPS) is 29.4. The largest absolute Gasteiger partial charge is 0.381 e. The summed E-state index contributed by atoms with van der Waals surface area (Å²) in [5.41, 5.74) is 0. The van der Waals surface area contributed by atoms with Crippen LogP contribution in [0.1, 0.15) is 38.5 Å². The molecule has 1 aliphatic carbocycles. The van der Waals surface area contributed by atoms with Crippen LogP contribution in [-0.4, -0.2) is 26.3 Å². The molecule has 1 N–H and O–H groups in total. The van der Waals surface area contributed by atoms with E-state index in [-0.39, 0.29) is 0 Å². The molecule has 1 aliphatic heterocycles. The van der Waals surface area contributed by atoms with Gasteiger partial charge in [-0.25, -0.2) is 0 Å². The van der Waals surface area contributed by atoms with Gasteiger partial charge in [-0.2, -0.15) is 0 Å². The van der Waals surface area contributed by atoms with E-state index in [0.717, 1.165) is 31.1 Å². The van der Waals surface area contributed by atoms with Crippen LogP contribution in [-0.2, 0) is 4.74 Å². The molecule has 2 rings (SSSR count). The van der Waals surface area contributed by atoms with Gasteiger partial charge in [0.25, 0.3) is 0 Å². The van der Waals surface area contributed by atoms with Crippen LogP contribution in [0.4, 0.5) is 0 Å². The van der Waals surface area contributed by atoms with Crippen LogP contribution in [0.25, 0.3) is 0 Å². The second-order valence-corrected chi connectivity index (χ2v) is 4.97. The molecule has 1 saturated carbocycles. The first kappa shape index (κ1) is 10.4. The van der Waals surface area contributed by atoms with Gasteiger partial charge in [-0.3, -0.25) is 0 Å². The van der Waals surface area contributed by atoms with E-state index in [1.807, 2.05) is 0 Å². The number of nitrogens with one attached hydrogen (secondary N) is 1. The predicted octanol–water partition coefficient (Wildman–Crippen LogP) is 2.19. The predicted molar refractivity (Wildman–Crippen MR) is 58.3 cm³/mol. The second kappa shape index (κ2) is 5.13. The van der Waals surface area contributed by atoms with E-state index >= 15 is 0 Å². The third-order valence-corrected chi connectivity index (χ3v) is 3.67. The lowest BCUT2D eigenvalue weighted by Gasteiger charge is -2.19. The summed E-state index contributed by atoms with van der Waals surface area (Å²) in [6.45, 7) is 1.99. The van der Waals surface area contributed by atoms with Crippen LogP contribution in [0.2, 0.25) is 0 Å². The topological polar surface area (TPSA) is 21.3 Å². The van der Waals surface area contributed by atoms with Crippen molar-refractivity contribution in [1.29, 1.82) is 0 Å². The molecule has 0 bridgehead atoms. The van der Waals surface area contributed by atoms with E-state index in [4.69, 9.17) is 4.74 Å². The highest BCUT2D eigenvalue weighted by molar-refractivity contribution is 4.78. The SMILES string of the molecule is CNC(CCC1CC1)CC1CCOC1. The van der Waals surface area contributed by atoms with Crippen LogP contribution >= 0.6 is 0 Å². The van der Waals surface area contributed by atoms with Gasteiger partial charge in [0, 0.05) is 19.3 Å². The molecule has 1 saturated heterocycles. The van der Waals surface area contributed by atoms with Crippen LogP contribution in [0.5, 0.6) is 0 Å². The van der Waals surface area contributed by atoms with Gasteiger partial charge in [0.05, 0.1) is 0 Å². The minimum absolute atomic E-state index is 0.738. The Morgan fingerprint density at radius 3 is 2.71 bits per heavy atom. The summed E-state index contributed by atoms with van der Waals surface area (Å²) in [5, 5.41) is 3.46. The van der Waals surface area contributed by atoms with Crippen molar-refractivity contribution in [2.24, 2.45) is 11.8 Å². The Balaban J connectivity index is 1.62. The summed E-state index contributed by atoms with van der Waals surface area (Å²) in [4.78, 5) is 0. The van der Waals surface area contributed by atoms with Crippen LogP contribution < -0.4 is 5.32 Å². The molecular weight excluding hydrogens is 174 g/mol. The molecule has 2 heteroatoms. The Morgan fingerprint density at radius 2 is 2.14 bits per heavy atom. The molecule has 0 aromatic rings. The van der Waals surface area contributed by atoms with E-state index in [9.17, 15) is 0 Å². The number of ether oxygens (including phenoxy) is 1. The average Bonchev–Trinajstić information content (AvgIpc) is 2.90. The average molecular weight is 197 g/mol. The van der Waals surface area contributed by atoms with Crippen LogP contribution in [0.3, 0.4) is 0 Å². The molecule has 82 valence electrons. The smallest absolute Gasteiger partial charge is 0.0495 e. The summed E-state index contributed by atoms with van der Waals surface area (Å²) < 4.78 is 5.41. The van der Waals surface area contributed by atoms with Crippen LogP contribution in [0.15, 0.2) is 0 Å². The fraction of sp³-hybridized carbons (Fsp3) is 1.00. The Kier molecular flexibility index (Phi) is 3.82. The molecule has 2 aliphatic rings. The molecule has 1 heterocycles. The maximum absolute atomic E-state index is 5.41. The Bertz CT molecular complexity index is 162. The Morgan fingerprint density at radius 1 is 1.29 bits per heavy atom. The second-order valence-electron chi connectivity index (χ2n) is 4.97. The quantitative estimate of drug-likeness (QED) is 0.705. The van der Waals surface area contributed by atoms with Gasteiger partial charge in [0.2, 0.25) is 0 Å². The lowest BCUT2D eigenvalue weighted by Crippen LogP contribution is -2.28. The molecule has 0 spiro atoms. The number of rotatable bonds is 6. The van der Waals surface area contributed by atoms with Gasteiger partial charge in [-0.15, -0.1) is 0 Å². The maximum Gasteiger partial charge on any atom is 0.0495 e. The van der Waals surface area contributed by atoms with Crippen LogP contribution in [0, 0.1) is 11.8 Å². The molecule has 0 amide bonds. The fourth-order valence-corrected chi connectivity index (χ4v) is 2.40. The molecule has 2 nitrogen and oxygen atoms in total. The van der Waals surface area contributed by atoms with Gasteiger partial charge < -0.3 is 10.1 Å². The highest BCUT2D eigenvalue weighted by Gasteiger charge is 2.24. The first-order valence-electron chi connectivity index (χ1n) is 6.13. The van der Waals surface area contributed by atoms with Gasteiger partial charge in [-0.1, -0.05) is 12.8 Å². The van der Waals surface area contributed by atoms with Gasteiger partial charge in [0.15, 0.2) is 0 Å². The maximum atomic E-state index is 5.41. The highest BCUT2D eigenvalue weighted by atomic mass is 16.5. The third-order valence-electron chi connectivity index (χ3n) is 3.67. The first-order valence-corrected chi connectivity index (χ1v) is 6.13. The minimum Gasteiger partial charge on any atom is -0.381 e. The summed E-state index contributed by atoms with van der Waals surface area (Å²) in [5.74, 6) is 1.90. The summed E-state index contributed by atoms with van der Waals surface area (Å²) >= 11 is 0. The van der Waals surface area contributed by atoms with Crippen molar-refractivity contribution in [3.8, 4) is 0 Å². The minimum atomic E-state index is 0.738. The lowest BCUT2D eigenvalue weighted by atomic mass is 9.95. The Labute approximate surface area is 87.4 Å². The van der Waals surface area contributed by atoms with Crippen molar-refractivity contribution in [1.82, 2.24) is 5.32 Å². The van der Waals surface area contributed by atoms with Gasteiger partial charge in [-0.05, 0) is 44.6 Å². The molecule has 0 radical (unpaired) electrons. The summed E-state index contributed by atoms with van der Waals surface area (Å²) in [6.07, 6.45) is 8.40. The zero-order valence-corrected chi connectivity index (χ0v) is 9.30. The molecule has 2 atom stereocenters. The molecule has 2 unspecified atom stereocenters. The van der Waals surface area contributed by atoms with E-state index in [0.29, 0.717) is 0 Å². The lowest BCUT2D eigenvalue weighted by molar-refractivity contribution is 0.181. The van der Waals surface area contributed by atoms with Crippen molar-refractivity contribution in [3.05, 3.63) is 0 Å². The van der Waals surface area contributed by atoms with E-state index in [2.05, 4.69) is 12.4 Å². The van der Waals surface area contributed by atoms with Gasteiger partial charge in [0.1, 0.15) is 0 Å². The number of hydrogen-bond acceptors (Lipinski definition) is 2. The van der Waals surface area contributed by atoms with Crippen molar-refractivity contribution in [2.45, 2.75) is 44.6 Å². The van der Waals surface area contributed by atoms with E-state index < -0.39 is 0 Å². The molecule has 2 fully saturated rings. The molecule has 0 aromatic carbocycles.